The molecule has 0 fully saturated rings. The summed E-state index contributed by atoms with van der Waals surface area (Å²) in [5, 5.41) is 0. The Hall–Kier alpha value is -0.0400. The maximum absolute atomic E-state index is 5.53. The molecule has 0 aliphatic rings. The Kier molecular flexibility index (Phi) is 3.87. The van der Waals surface area contributed by atoms with Crippen LogP contribution in [0.1, 0.15) is 33.1 Å². The van der Waals surface area contributed by atoms with Crippen molar-refractivity contribution in [2.24, 2.45) is 11.1 Å². The van der Waals surface area contributed by atoms with E-state index in [2.05, 4.69) is 20.8 Å². The van der Waals surface area contributed by atoms with E-state index in [1.165, 1.54) is 12.8 Å². The van der Waals surface area contributed by atoms with Crippen molar-refractivity contribution in [1.29, 1.82) is 0 Å². The molecule has 0 bridgehead atoms. The van der Waals surface area contributed by atoms with Crippen LogP contribution in [0, 0.1) is 12.3 Å². The largest absolute Gasteiger partial charge is 0.330 e. The predicted molar refractivity (Wildman–Crippen MR) is 42.0 cm³/mol. The third kappa shape index (κ3) is 4.46. The van der Waals surface area contributed by atoms with Crippen molar-refractivity contribution in [3.8, 4) is 0 Å². The molecule has 0 amide bonds. The lowest BCUT2D eigenvalue weighted by atomic mass is 9.88. The summed E-state index contributed by atoms with van der Waals surface area (Å²) >= 11 is 0. The molecule has 1 radical (unpaired) electrons. The van der Waals surface area contributed by atoms with Crippen molar-refractivity contribution >= 4 is 0 Å². The maximum Gasteiger partial charge on any atom is -0.00258 e. The zero-order valence-electron chi connectivity index (χ0n) is 6.61. The van der Waals surface area contributed by atoms with Gasteiger partial charge in [-0.05, 0) is 18.4 Å². The Labute approximate surface area is 58.6 Å². The van der Waals surface area contributed by atoms with Gasteiger partial charge < -0.3 is 5.73 Å². The van der Waals surface area contributed by atoms with Crippen LogP contribution < -0.4 is 5.73 Å². The van der Waals surface area contributed by atoms with Crippen LogP contribution in [0.15, 0.2) is 0 Å². The van der Waals surface area contributed by atoms with Gasteiger partial charge in [0.1, 0.15) is 0 Å². The second kappa shape index (κ2) is 3.89. The monoisotopic (exact) mass is 128 g/mol. The van der Waals surface area contributed by atoms with Crippen LogP contribution in [0.2, 0.25) is 0 Å². The normalized spacial score (nSPS) is 12.0. The van der Waals surface area contributed by atoms with Gasteiger partial charge in [0, 0.05) is 0 Å². The summed E-state index contributed by atoms with van der Waals surface area (Å²) in [5.41, 5.74) is 5.86. The average molecular weight is 128 g/mol. The molecule has 0 saturated carbocycles. The van der Waals surface area contributed by atoms with Gasteiger partial charge in [-0.3, -0.25) is 0 Å². The third-order valence-electron chi connectivity index (χ3n) is 1.66. The molecule has 0 aliphatic carbocycles. The van der Waals surface area contributed by atoms with Gasteiger partial charge in [-0.25, -0.2) is 0 Å². The van der Waals surface area contributed by atoms with Crippen LogP contribution >= 0.6 is 0 Å². The highest BCUT2D eigenvalue weighted by Gasteiger charge is 2.13. The van der Waals surface area contributed by atoms with Crippen molar-refractivity contribution in [2.45, 2.75) is 33.1 Å². The minimum absolute atomic E-state index is 0.331. The number of nitrogens with two attached hydrogens (primary N) is 1. The number of hydrogen-bond acceptors (Lipinski definition) is 1. The molecule has 0 aliphatic heterocycles. The van der Waals surface area contributed by atoms with Gasteiger partial charge in [0.2, 0.25) is 0 Å². The van der Waals surface area contributed by atoms with Crippen LogP contribution in [0.5, 0.6) is 0 Å². The van der Waals surface area contributed by atoms with E-state index in [-0.39, 0.29) is 0 Å². The summed E-state index contributed by atoms with van der Waals surface area (Å²) < 4.78 is 0. The van der Waals surface area contributed by atoms with Gasteiger partial charge in [0.25, 0.3) is 0 Å². The van der Waals surface area contributed by atoms with E-state index in [9.17, 15) is 0 Å². The smallest absolute Gasteiger partial charge is 0.00258 e. The highest BCUT2D eigenvalue weighted by atomic mass is 14.6. The van der Waals surface area contributed by atoms with Gasteiger partial charge >= 0.3 is 0 Å². The summed E-state index contributed by atoms with van der Waals surface area (Å²) in [6.45, 7) is 8.96. The first kappa shape index (κ1) is 8.96. The second-order valence-corrected chi connectivity index (χ2v) is 3.33. The second-order valence-electron chi connectivity index (χ2n) is 3.33. The van der Waals surface area contributed by atoms with E-state index in [1.807, 2.05) is 0 Å². The van der Waals surface area contributed by atoms with Gasteiger partial charge in [-0.15, -0.1) is 0 Å². The van der Waals surface area contributed by atoms with Crippen LogP contribution in [-0.2, 0) is 0 Å². The minimum Gasteiger partial charge on any atom is -0.330 e. The van der Waals surface area contributed by atoms with E-state index in [0.29, 0.717) is 5.41 Å². The Morgan fingerprint density at radius 3 is 2.33 bits per heavy atom. The lowest BCUT2D eigenvalue weighted by Crippen LogP contribution is -2.23. The van der Waals surface area contributed by atoms with Crippen LogP contribution in [0.25, 0.3) is 0 Å². The lowest BCUT2D eigenvalue weighted by Gasteiger charge is -2.21. The van der Waals surface area contributed by atoms with E-state index in [0.717, 1.165) is 13.0 Å². The van der Waals surface area contributed by atoms with Crippen LogP contribution in [-0.4, -0.2) is 6.54 Å². The van der Waals surface area contributed by atoms with E-state index >= 15 is 0 Å². The molecular formula is C8H18N. The Morgan fingerprint density at radius 2 is 2.00 bits per heavy atom. The molecule has 0 aromatic heterocycles. The van der Waals surface area contributed by atoms with E-state index in [4.69, 9.17) is 5.73 Å². The summed E-state index contributed by atoms with van der Waals surface area (Å²) in [6, 6.07) is 0. The SMILES string of the molecule is [CH2]CCCC(C)(C)CN. The first-order chi connectivity index (χ1) is 4.12. The maximum atomic E-state index is 5.53. The van der Waals surface area contributed by atoms with E-state index < -0.39 is 0 Å². The Morgan fingerprint density at radius 1 is 1.44 bits per heavy atom. The zero-order chi connectivity index (χ0) is 7.33. The molecule has 0 aromatic carbocycles. The molecule has 0 atom stereocenters. The fourth-order valence-electron chi connectivity index (χ4n) is 0.706. The standard InChI is InChI=1S/C8H18N/c1-4-5-6-8(2,3)7-9/h1,4-7,9H2,2-3H3. The highest BCUT2D eigenvalue weighted by Crippen LogP contribution is 2.20. The summed E-state index contributed by atoms with van der Waals surface area (Å²) in [5.74, 6) is 0. The predicted octanol–water partition coefficient (Wildman–Crippen LogP) is 1.98. The van der Waals surface area contributed by atoms with Gasteiger partial charge in [-0.1, -0.05) is 33.6 Å². The summed E-state index contributed by atoms with van der Waals surface area (Å²) in [6.07, 6.45) is 3.43. The fourth-order valence-corrected chi connectivity index (χ4v) is 0.706. The third-order valence-corrected chi connectivity index (χ3v) is 1.66. The summed E-state index contributed by atoms with van der Waals surface area (Å²) in [7, 11) is 0. The van der Waals surface area contributed by atoms with E-state index in [1.54, 1.807) is 0 Å². The molecule has 0 saturated heterocycles. The van der Waals surface area contributed by atoms with Crippen LogP contribution in [0.3, 0.4) is 0 Å². The van der Waals surface area contributed by atoms with Gasteiger partial charge in [-0.2, -0.15) is 0 Å². The first-order valence-corrected chi connectivity index (χ1v) is 3.62. The molecule has 9 heavy (non-hydrogen) atoms. The molecule has 2 N–H and O–H groups in total. The molecular weight excluding hydrogens is 110 g/mol. The Bertz CT molecular complexity index is 67.0. The molecule has 0 spiro atoms. The number of unbranched alkanes of at least 4 members (excludes halogenated alkanes) is 1. The first-order valence-electron chi connectivity index (χ1n) is 3.62. The molecule has 0 aromatic rings. The minimum atomic E-state index is 0.331. The number of hydrogen-bond donors (Lipinski definition) is 1. The topological polar surface area (TPSA) is 26.0 Å². The molecule has 1 nitrogen and oxygen atoms in total. The molecule has 1 heteroatoms. The van der Waals surface area contributed by atoms with Crippen molar-refractivity contribution in [3.63, 3.8) is 0 Å². The fraction of sp³-hybridized carbons (Fsp3) is 0.875. The van der Waals surface area contributed by atoms with Gasteiger partial charge in [0.15, 0.2) is 0 Å². The Balaban J connectivity index is 3.33. The van der Waals surface area contributed by atoms with Gasteiger partial charge in [0.05, 0.1) is 0 Å². The average Bonchev–Trinajstić information content (AvgIpc) is 1.84. The van der Waals surface area contributed by atoms with Crippen molar-refractivity contribution in [1.82, 2.24) is 0 Å². The summed E-state index contributed by atoms with van der Waals surface area (Å²) in [4.78, 5) is 0. The molecule has 0 heterocycles. The van der Waals surface area contributed by atoms with Crippen molar-refractivity contribution in [2.75, 3.05) is 6.54 Å². The number of rotatable bonds is 4. The lowest BCUT2D eigenvalue weighted by molar-refractivity contribution is 0.338. The molecule has 55 valence electrons. The van der Waals surface area contributed by atoms with Crippen molar-refractivity contribution in [3.05, 3.63) is 6.92 Å². The highest BCUT2D eigenvalue weighted by molar-refractivity contribution is 4.68. The quantitative estimate of drug-likeness (QED) is 0.615. The zero-order valence-corrected chi connectivity index (χ0v) is 6.61. The van der Waals surface area contributed by atoms with Crippen LogP contribution in [0.4, 0.5) is 0 Å². The van der Waals surface area contributed by atoms with Crippen molar-refractivity contribution < 1.29 is 0 Å². The molecule has 0 rings (SSSR count). The molecule has 0 unspecified atom stereocenters.